The summed E-state index contributed by atoms with van der Waals surface area (Å²) in [5, 5.41) is 0.900. The first-order valence-corrected chi connectivity index (χ1v) is 6.41. The molecule has 0 aliphatic heterocycles. The van der Waals surface area contributed by atoms with Crippen molar-refractivity contribution in [3.05, 3.63) is 11.5 Å². The molecule has 1 rings (SSSR count). The number of thioether (sulfide) groups is 1. The van der Waals surface area contributed by atoms with Crippen molar-refractivity contribution in [1.29, 1.82) is 0 Å². The number of hydrogen-bond donors (Lipinski definition) is 1. The first-order chi connectivity index (χ1) is 6.97. The monoisotopic (exact) mass is 225 g/mol. The van der Waals surface area contributed by atoms with Gasteiger partial charge in [0.25, 0.3) is 0 Å². The average molecular weight is 225 g/mol. The van der Waals surface area contributed by atoms with Gasteiger partial charge in [-0.05, 0) is 12.2 Å². The van der Waals surface area contributed by atoms with Crippen molar-refractivity contribution in [3.8, 4) is 0 Å². The third kappa shape index (κ3) is 2.62. The maximum Gasteiger partial charge on any atom is 0.132 e. The predicted octanol–water partition coefficient (Wildman–Crippen LogP) is 3.03. The van der Waals surface area contributed by atoms with Crippen LogP contribution in [0.15, 0.2) is 5.03 Å². The first-order valence-electron chi connectivity index (χ1n) is 5.18. The minimum absolute atomic E-state index is 0.342. The largest absolute Gasteiger partial charge is 0.395 e. The Balaban J connectivity index is 3.32. The zero-order valence-electron chi connectivity index (χ0n) is 10.0. The molecular formula is C11H19N3S. The Labute approximate surface area is 95.9 Å². The molecule has 0 radical (unpaired) electrons. The fourth-order valence-corrected chi connectivity index (χ4v) is 1.85. The minimum atomic E-state index is 0.342. The number of anilines is 1. The Bertz CT molecular complexity index is 348. The van der Waals surface area contributed by atoms with Gasteiger partial charge in [-0.1, -0.05) is 27.7 Å². The van der Waals surface area contributed by atoms with Crippen LogP contribution in [0, 0.1) is 0 Å². The average Bonchev–Trinajstić information content (AvgIpc) is 2.17. The molecule has 0 atom stereocenters. The minimum Gasteiger partial charge on any atom is -0.395 e. The highest BCUT2D eigenvalue weighted by Gasteiger charge is 2.15. The third-order valence-electron chi connectivity index (χ3n) is 2.21. The molecule has 0 spiro atoms. The Hall–Kier alpha value is -0.770. The van der Waals surface area contributed by atoms with E-state index in [9.17, 15) is 0 Å². The van der Waals surface area contributed by atoms with E-state index >= 15 is 0 Å². The molecule has 84 valence electrons. The molecule has 0 aliphatic carbocycles. The molecule has 1 heterocycles. The Morgan fingerprint density at radius 3 is 2.07 bits per heavy atom. The van der Waals surface area contributed by atoms with Crippen molar-refractivity contribution < 1.29 is 0 Å². The maximum atomic E-state index is 6.02. The topological polar surface area (TPSA) is 51.8 Å². The fourth-order valence-electron chi connectivity index (χ4n) is 1.34. The molecule has 1 aromatic rings. The van der Waals surface area contributed by atoms with E-state index in [0.29, 0.717) is 11.8 Å². The lowest BCUT2D eigenvalue weighted by molar-refractivity contribution is 0.714. The van der Waals surface area contributed by atoms with E-state index in [1.54, 1.807) is 11.8 Å². The summed E-state index contributed by atoms with van der Waals surface area (Å²) < 4.78 is 0. The lowest BCUT2D eigenvalue weighted by Crippen LogP contribution is -2.09. The summed E-state index contributed by atoms with van der Waals surface area (Å²) >= 11 is 1.58. The molecule has 0 aromatic carbocycles. The molecule has 0 amide bonds. The normalized spacial score (nSPS) is 11.4. The van der Waals surface area contributed by atoms with Crippen LogP contribution in [0.1, 0.15) is 51.0 Å². The second-order valence-corrected chi connectivity index (χ2v) is 4.99. The van der Waals surface area contributed by atoms with Crippen molar-refractivity contribution in [2.24, 2.45) is 0 Å². The van der Waals surface area contributed by atoms with E-state index in [2.05, 4.69) is 37.7 Å². The van der Waals surface area contributed by atoms with Gasteiger partial charge in [0, 0.05) is 5.92 Å². The van der Waals surface area contributed by atoms with Gasteiger partial charge < -0.3 is 5.73 Å². The Kier molecular flexibility index (Phi) is 3.97. The number of rotatable bonds is 3. The summed E-state index contributed by atoms with van der Waals surface area (Å²) in [6.07, 6.45) is 1.99. The van der Waals surface area contributed by atoms with E-state index in [0.717, 1.165) is 22.2 Å². The van der Waals surface area contributed by atoms with Gasteiger partial charge in [-0.3, -0.25) is 0 Å². The van der Waals surface area contributed by atoms with Gasteiger partial charge in [-0.2, -0.15) is 0 Å². The van der Waals surface area contributed by atoms with Crippen molar-refractivity contribution in [2.75, 3.05) is 12.0 Å². The van der Waals surface area contributed by atoms with Crippen LogP contribution in [0.4, 0.5) is 5.69 Å². The predicted molar refractivity (Wildman–Crippen MR) is 66.4 cm³/mol. The molecule has 0 saturated carbocycles. The van der Waals surface area contributed by atoms with Crippen molar-refractivity contribution in [1.82, 2.24) is 9.97 Å². The number of hydrogen-bond acceptors (Lipinski definition) is 4. The van der Waals surface area contributed by atoms with Crippen molar-refractivity contribution in [3.63, 3.8) is 0 Å². The van der Waals surface area contributed by atoms with Gasteiger partial charge in [-0.25, -0.2) is 9.97 Å². The van der Waals surface area contributed by atoms with E-state index in [1.165, 1.54) is 0 Å². The zero-order valence-corrected chi connectivity index (χ0v) is 10.9. The molecule has 3 nitrogen and oxygen atoms in total. The van der Waals surface area contributed by atoms with E-state index < -0.39 is 0 Å². The van der Waals surface area contributed by atoms with Crippen LogP contribution in [0.3, 0.4) is 0 Å². The molecule has 0 unspecified atom stereocenters. The van der Waals surface area contributed by atoms with Crippen LogP contribution in [0.25, 0.3) is 0 Å². The zero-order chi connectivity index (χ0) is 11.6. The van der Waals surface area contributed by atoms with Crippen LogP contribution in [-0.2, 0) is 0 Å². The van der Waals surface area contributed by atoms with Gasteiger partial charge in [0.15, 0.2) is 0 Å². The number of nitrogens with two attached hydrogens (primary N) is 1. The fraction of sp³-hybridized carbons (Fsp3) is 0.636. The Morgan fingerprint density at radius 1 is 1.07 bits per heavy atom. The van der Waals surface area contributed by atoms with Crippen LogP contribution < -0.4 is 5.73 Å². The number of nitrogen functional groups attached to an aromatic ring is 1. The quantitative estimate of drug-likeness (QED) is 0.634. The van der Waals surface area contributed by atoms with Gasteiger partial charge in [-0.15, -0.1) is 11.8 Å². The van der Waals surface area contributed by atoms with E-state index in [-0.39, 0.29) is 0 Å². The summed E-state index contributed by atoms with van der Waals surface area (Å²) in [5.74, 6) is 1.57. The highest BCUT2D eigenvalue weighted by molar-refractivity contribution is 7.98. The SMILES string of the molecule is CSc1nc(C(C)C)nc(C(C)C)c1N. The highest BCUT2D eigenvalue weighted by atomic mass is 32.2. The maximum absolute atomic E-state index is 6.02. The van der Waals surface area contributed by atoms with Crippen molar-refractivity contribution in [2.45, 2.75) is 44.6 Å². The second-order valence-electron chi connectivity index (χ2n) is 4.20. The number of aromatic nitrogens is 2. The Morgan fingerprint density at radius 2 is 1.67 bits per heavy atom. The van der Waals surface area contributed by atoms with E-state index in [4.69, 9.17) is 5.73 Å². The lowest BCUT2D eigenvalue weighted by atomic mass is 10.1. The first kappa shape index (κ1) is 12.3. The summed E-state index contributed by atoms with van der Waals surface area (Å²) in [4.78, 5) is 8.99. The van der Waals surface area contributed by atoms with Gasteiger partial charge >= 0.3 is 0 Å². The molecule has 0 bridgehead atoms. The van der Waals surface area contributed by atoms with Gasteiger partial charge in [0.1, 0.15) is 10.9 Å². The molecule has 0 aliphatic rings. The summed E-state index contributed by atoms with van der Waals surface area (Å²) in [7, 11) is 0. The number of nitrogens with zero attached hydrogens (tertiary/aromatic N) is 2. The van der Waals surface area contributed by atoms with Crippen LogP contribution in [0.5, 0.6) is 0 Å². The molecular weight excluding hydrogens is 206 g/mol. The van der Waals surface area contributed by atoms with Crippen LogP contribution in [0.2, 0.25) is 0 Å². The second kappa shape index (κ2) is 4.84. The smallest absolute Gasteiger partial charge is 0.132 e. The molecule has 15 heavy (non-hydrogen) atoms. The van der Waals surface area contributed by atoms with E-state index in [1.807, 2.05) is 6.26 Å². The molecule has 0 fully saturated rings. The summed E-state index contributed by atoms with van der Waals surface area (Å²) in [5.41, 5.74) is 7.73. The van der Waals surface area contributed by atoms with Gasteiger partial charge in [0.05, 0.1) is 11.4 Å². The van der Waals surface area contributed by atoms with Crippen LogP contribution >= 0.6 is 11.8 Å². The summed E-state index contributed by atoms with van der Waals surface area (Å²) in [6, 6.07) is 0. The molecule has 0 saturated heterocycles. The molecule has 4 heteroatoms. The molecule has 1 aromatic heterocycles. The summed E-state index contributed by atoms with van der Waals surface area (Å²) in [6.45, 7) is 8.40. The molecule has 2 N–H and O–H groups in total. The highest BCUT2D eigenvalue weighted by Crippen LogP contribution is 2.29. The lowest BCUT2D eigenvalue weighted by Gasteiger charge is -2.14. The standard InChI is InChI=1S/C11H19N3S/c1-6(2)9-8(12)11(15-5)14-10(13-9)7(3)4/h6-7H,12H2,1-5H3. The third-order valence-corrected chi connectivity index (χ3v) is 2.91. The van der Waals surface area contributed by atoms with Gasteiger partial charge in [0.2, 0.25) is 0 Å². The van der Waals surface area contributed by atoms with Crippen molar-refractivity contribution >= 4 is 17.4 Å². The van der Waals surface area contributed by atoms with Crippen LogP contribution in [-0.4, -0.2) is 16.2 Å².